The van der Waals surface area contributed by atoms with E-state index in [1.165, 1.54) is 0 Å². The van der Waals surface area contributed by atoms with Gasteiger partial charge in [-0.1, -0.05) is 35.9 Å². The summed E-state index contributed by atoms with van der Waals surface area (Å²) in [6.07, 6.45) is 0.630. The average Bonchev–Trinajstić information content (AvgIpc) is 2.82. The number of rotatable bonds is 6. The van der Waals surface area contributed by atoms with Crippen LogP contribution in [0.4, 0.5) is 0 Å². The third-order valence-electron chi connectivity index (χ3n) is 6.49. The van der Waals surface area contributed by atoms with Crippen LogP contribution in [0.2, 0.25) is 5.02 Å². The first-order chi connectivity index (χ1) is 16.7. The Morgan fingerprint density at radius 3 is 2.43 bits per heavy atom. The number of dihydropyridines is 1. The molecule has 0 saturated carbocycles. The van der Waals surface area contributed by atoms with Gasteiger partial charge in [-0.3, -0.25) is 4.79 Å². The highest BCUT2D eigenvalue weighted by Crippen LogP contribution is 2.47. The molecule has 2 aromatic rings. The first-order valence-corrected chi connectivity index (χ1v) is 12.0. The van der Waals surface area contributed by atoms with Crippen molar-refractivity contribution in [2.45, 2.75) is 51.6 Å². The van der Waals surface area contributed by atoms with E-state index in [1.54, 1.807) is 34.1 Å². The second-order valence-corrected chi connectivity index (χ2v) is 9.51. The fourth-order valence-corrected chi connectivity index (χ4v) is 5.19. The summed E-state index contributed by atoms with van der Waals surface area (Å²) in [6, 6.07) is 13.1. The van der Waals surface area contributed by atoms with Gasteiger partial charge in [0.05, 0.1) is 25.9 Å². The maximum Gasteiger partial charge on any atom is 0.337 e. The first-order valence-electron chi connectivity index (χ1n) is 11.7. The summed E-state index contributed by atoms with van der Waals surface area (Å²) in [5.41, 5.74) is 4.19. The number of esters is 1. The highest BCUT2D eigenvalue weighted by Gasteiger charge is 2.42. The minimum atomic E-state index is -0.593. The fourth-order valence-electron chi connectivity index (χ4n) is 4.95. The number of Topliss-reactive ketones (excluding diaryl/α,β-unsaturated/α-hetero) is 1. The lowest BCUT2D eigenvalue weighted by molar-refractivity contribution is -0.143. The van der Waals surface area contributed by atoms with E-state index in [4.69, 9.17) is 25.8 Å². The number of hydrogen-bond donors (Lipinski definition) is 1. The molecule has 1 aliphatic carbocycles. The molecule has 1 heterocycles. The Kier molecular flexibility index (Phi) is 7.22. The van der Waals surface area contributed by atoms with Gasteiger partial charge in [0.15, 0.2) is 17.3 Å². The molecule has 0 fully saturated rings. The molecule has 4 rings (SSSR count). The van der Waals surface area contributed by atoms with Crippen molar-refractivity contribution >= 4 is 23.4 Å². The van der Waals surface area contributed by atoms with Gasteiger partial charge >= 0.3 is 5.97 Å². The molecule has 2 aromatic carbocycles. The second kappa shape index (κ2) is 10.2. The van der Waals surface area contributed by atoms with Crippen LogP contribution in [0.25, 0.3) is 0 Å². The Bertz CT molecular complexity index is 1230. The maximum absolute atomic E-state index is 13.7. The Morgan fingerprint density at radius 1 is 1.06 bits per heavy atom. The Morgan fingerprint density at radius 2 is 1.77 bits per heavy atom. The van der Waals surface area contributed by atoms with Gasteiger partial charge in [0.2, 0.25) is 0 Å². The number of allylic oxidation sites excluding steroid dienone is 3. The lowest BCUT2D eigenvalue weighted by Crippen LogP contribution is -2.36. The molecule has 0 bridgehead atoms. The molecular formula is C28H30ClNO5. The van der Waals surface area contributed by atoms with Gasteiger partial charge in [-0.15, -0.1) is 0 Å². The van der Waals surface area contributed by atoms with E-state index < -0.39 is 11.9 Å². The molecule has 0 amide bonds. The van der Waals surface area contributed by atoms with Crippen molar-refractivity contribution in [1.82, 2.24) is 5.32 Å². The highest BCUT2D eigenvalue weighted by atomic mass is 35.5. The van der Waals surface area contributed by atoms with Crippen LogP contribution in [0.3, 0.4) is 0 Å². The lowest BCUT2D eigenvalue weighted by Gasteiger charge is -2.37. The van der Waals surface area contributed by atoms with E-state index in [1.807, 2.05) is 43.3 Å². The van der Waals surface area contributed by atoms with Crippen molar-refractivity contribution in [3.05, 3.63) is 81.2 Å². The zero-order valence-corrected chi connectivity index (χ0v) is 21.4. The molecule has 6 nitrogen and oxygen atoms in total. The maximum atomic E-state index is 13.7. The molecule has 0 spiro atoms. The minimum absolute atomic E-state index is 0.0224. The largest absolute Gasteiger partial charge is 0.493 e. The molecule has 35 heavy (non-hydrogen) atoms. The highest BCUT2D eigenvalue weighted by molar-refractivity contribution is 6.31. The summed E-state index contributed by atoms with van der Waals surface area (Å²) in [4.78, 5) is 26.9. The number of benzene rings is 2. The number of carbonyl (C=O) groups is 2. The fraction of sp³-hybridized carbons (Fsp3) is 0.357. The van der Waals surface area contributed by atoms with E-state index in [0.29, 0.717) is 46.2 Å². The summed E-state index contributed by atoms with van der Waals surface area (Å²) in [5.74, 6) is 0.155. The monoisotopic (exact) mass is 495 g/mol. The Labute approximate surface area is 210 Å². The van der Waals surface area contributed by atoms with E-state index in [9.17, 15) is 9.59 Å². The summed E-state index contributed by atoms with van der Waals surface area (Å²) in [6.45, 7) is 5.45. The summed E-state index contributed by atoms with van der Waals surface area (Å²) in [7, 11) is 3.19. The number of hydrogen-bond acceptors (Lipinski definition) is 6. The van der Waals surface area contributed by atoms with Crippen LogP contribution in [-0.4, -0.2) is 32.1 Å². The van der Waals surface area contributed by atoms with Gasteiger partial charge in [-0.2, -0.15) is 0 Å². The van der Waals surface area contributed by atoms with E-state index >= 15 is 0 Å². The van der Waals surface area contributed by atoms with Crippen LogP contribution in [0.5, 0.6) is 11.5 Å². The molecule has 2 aliphatic rings. The van der Waals surface area contributed by atoms with Crippen molar-refractivity contribution < 1.29 is 23.8 Å². The summed E-state index contributed by atoms with van der Waals surface area (Å²) < 4.78 is 16.4. The predicted molar refractivity (Wildman–Crippen MR) is 135 cm³/mol. The van der Waals surface area contributed by atoms with Crippen molar-refractivity contribution in [1.29, 1.82) is 0 Å². The molecular weight excluding hydrogens is 466 g/mol. The van der Waals surface area contributed by atoms with E-state index in [2.05, 4.69) is 5.32 Å². The zero-order valence-electron chi connectivity index (χ0n) is 20.6. The molecule has 1 N–H and O–H groups in total. The molecule has 184 valence electrons. The average molecular weight is 496 g/mol. The van der Waals surface area contributed by atoms with Gasteiger partial charge in [0.25, 0.3) is 0 Å². The SMILES string of the molecule is COc1ccc([C@@H]2CC(=O)C3=C(C2)NC(C)=C(C(=O)OC(C)C)[C@H]3c2ccccc2Cl)cc1OC. The smallest absolute Gasteiger partial charge is 0.337 e. The molecule has 0 radical (unpaired) electrons. The van der Waals surface area contributed by atoms with Crippen LogP contribution < -0.4 is 14.8 Å². The van der Waals surface area contributed by atoms with E-state index in [0.717, 1.165) is 16.8 Å². The number of nitrogens with one attached hydrogen (secondary N) is 1. The molecule has 0 aromatic heterocycles. The number of ketones is 1. The minimum Gasteiger partial charge on any atom is -0.493 e. The molecule has 7 heteroatoms. The van der Waals surface area contributed by atoms with Gasteiger partial charge < -0.3 is 19.5 Å². The molecule has 0 unspecified atom stereocenters. The van der Waals surface area contributed by atoms with Gasteiger partial charge in [0.1, 0.15) is 0 Å². The third kappa shape index (κ3) is 4.80. The van der Waals surface area contributed by atoms with Crippen molar-refractivity contribution in [3.63, 3.8) is 0 Å². The van der Waals surface area contributed by atoms with Gasteiger partial charge in [-0.05, 0) is 62.4 Å². The number of methoxy groups -OCH3 is 2. The second-order valence-electron chi connectivity index (χ2n) is 9.11. The Balaban J connectivity index is 1.79. The van der Waals surface area contributed by atoms with Gasteiger partial charge in [0, 0.05) is 34.3 Å². The number of halogens is 1. The normalized spacial score (nSPS) is 19.9. The van der Waals surface area contributed by atoms with Gasteiger partial charge in [-0.25, -0.2) is 4.79 Å². The number of ether oxygens (including phenoxy) is 3. The predicted octanol–water partition coefficient (Wildman–Crippen LogP) is 5.67. The lowest BCUT2D eigenvalue weighted by atomic mass is 9.71. The Hall–Kier alpha value is -3.25. The standard InChI is InChI=1S/C28H30ClNO5/c1-15(2)35-28(32)25-16(3)30-21-12-18(17-10-11-23(33-4)24(14-17)34-5)13-22(31)27(21)26(25)19-8-6-7-9-20(19)29/h6-11,14-15,18,26,30H,12-13H2,1-5H3/t18-,26+/m0/s1. The quantitative estimate of drug-likeness (QED) is 0.520. The molecule has 2 atom stereocenters. The third-order valence-corrected chi connectivity index (χ3v) is 6.83. The van der Waals surface area contributed by atoms with Crippen LogP contribution in [-0.2, 0) is 14.3 Å². The molecule has 0 saturated heterocycles. The van der Waals surface area contributed by atoms with Crippen molar-refractivity contribution in [3.8, 4) is 11.5 Å². The zero-order chi connectivity index (χ0) is 25.3. The summed E-state index contributed by atoms with van der Waals surface area (Å²) >= 11 is 6.59. The van der Waals surface area contributed by atoms with E-state index in [-0.39, 0.29) is 17.8 Å². The first kappa shape index (κ1) is 24.9. The van der Waals surface area contributed by atoms with Crippen molar-refractivity contribution in [2.75, 3.05) is 14.2 Å². The topological polar surface area (TPSA) is 73.9 Å². The van der Waals surface area contributed by atoms with Crippen LogP contribution >= 0.6 is 11.6 Å². The number of carbonyl (C=O) groups excluding carboxylic acids is 2. The van der Waals surface area contributed by atoms with Crippen molar-refractivity contribution in [2.24, 2.45) is 0 Å². The van der Waals surface area contributed by atoms with Crippen LogP contribution in [0.1, 0.15) is 56.6 Å². The van der Waals surface area contributed by atoms with Crippen LogP contribution in [0.15, 0.2) is 65.0 Å². The molecule has 1 aliphatic heterocycles. The van der Waals surface area contributed by atoms with Crippen LogP contribution in [0, 0.1) is 0 Å². The summed E-state index contributed by atoms with van der Waals surface area (Å²) in [5, 5.41) is 3.87.